The van der Waals surface area contributed by atoms with Gasteiger partial charge in [-0.25, -0.2) is 0 Å². The van der Waals surface area contributed by atoms with Gasteiger partial charge in [0.25, 0.3) is 11.8 Å². The van der Waals surface area contributed by atoms with Crippen LogP contribution < -0.4 is 15.4 Å². The highest BCUT2D eigenvalue weighted by molar-refractivity contribution is 5.97. The molecule has 0 aliphatic heterocycles. The van der Waals surface area contributed by atoms with Crippen molar-refractivity contribution in [1.82, 2.24) is 5.32 Å². The maximum atomic E-state index is 12.1. The van der Waals surface area contributed by atoms with Crippen molar-refractivity contribution in [3.63, 3.8) is 0 Å². The molecule has 7 heteroatoms. The van der Waals surface area contributed by atoms with Gasteiger partial charge in [-0.2, -0.15) is 0 Å². The fraction of sp³-hybridized carbons (Fsp3) is 0.250. The summed E-state index contributed by atoms with van der Waals surface area (Å²) in [5.74, 6) is -0.954. The lowest BCUT2D eigenvalue weighted by Crippen LogP contribution is -2.35. The van der Waals surface area contributed by atoms with Crippen LogP contribution in [0.15, 0.2) is 48.5 Å². The van der Waals surface area contributed by atoms with Crippen molar-refractivity contribution in [2.75, 3.05) is 19.0 Å². The summed E-state index contributed by atoms with van der Waals surface area (Å²) in [7, 11) is 1.53. The molecular weight excluding hydrogens is 348 g/mol. The average Bonchev–Trinajstić information content (AvgIpc) is 2.66. The topological polar surface area (TPSA) is 93.7 Å². The van der Waals surface area contributed by atoms with E-state index in [9.17, 15) is 14.4 Å². The van der Waals surface area contributed by atoms with Gasteiger partial charge in [0, 0.05) is 11.3 Å². The summed E-state index contributed by atoms with van der Waals surface area (Å²) < 4.78 is 10.1. The number of methoxy groups -OCH3 is 1. The number of esters is 1. The Hall–Kier alpha value is -3.35. The molecule has 2 aromatic rings. The van der Waals surface area contributed by atoms with Crippen LogP contribution in [0, 0.1) is 6.92 Å². The van der Waals surface area contributed by atoms with Crippen LogP contribution in [0.25, 0.3) is 0 Å². The molecule has 2 aromatic carbocycles. The molecule has 0 aliphatic rings. The lowest BCUT2D eigenvalue weighted by atomic mass is 10.2. The zero-order valence-corrected chi connectivity index (χ0v) is 15.4. The van der Waals surface area contributed by atoms with Crippen molar-refractivity contribution in [2.45, 2.75) is 20.0 Å². The third-order valence-corrected chi connectivity index (χ3v) is 3.71. The van der Waals surface area contributed by atoms with E-state index in [0.29, 0.717) is 17.0 Å². The highest BCUT2D eigenvalue weighted by Crippen LogP contribution is 2.11. The van der Waals surface area contributed by atoms with Crippen LogP contribution in [-0.2, 0) is 14.3 Å². The van der Waals surface area contributed by atoms with Gasteiger partial charge < -0.3 is 20.1 Å². The standard InChI is InChI=1S/C20H22N2O5/c1-13-5-4-6-16(11-13)22-19(24)14(2)27-18(23)12-21-20(25)15-7-9-17(26-3)10-8-15/h4-11,14H,12H2,1-3H3,(H,21,25)(H,22,24)/t14-/m1/s1. The van der Waals surface area contributed by atoms with E-state index in [1.807, 2.05) is 25.1 Å². The molecule has 27 heavy (non-hydrogen) atoms. The Morgan fingerprint density at radius 1 is 1.07 bits per heavy atom. The van der Waals surface area contributed by atoms with E-state index >= 15 is 0 Å². The van der Waals surface area contributed by atoms with Crippen LogP contribution in [0.3, 0.4) is 0 Å². The number of nitrogens with one attached hydrogen (secondary N) is 2. The molecule has 0 aromatic heterocycles. The van der Waals surface area contributed by atoms with Crippen molar-refractivity contribution in [3.8, 4) is 5.75 Å². The first-order valence-corrected chi connectivity index (χ1v) is 8.38. The van der Waals surface area contributed by atoms with Gasteiger partial charge in [0.05, 0.1) is 7.11 Å². The van der Waals surface area contributed by atoms with Gasteiger partial charge in [-0.05, 0) is 55.8 Å². The SMILES string of the molecule is COc1ccc(C(=O)NCC(=O)O[C@H](C)C(=O)Nc2cccc(C)c2)cc1. The monoisotopic (exact) mass is 370 g/mol. The normalized spacial score (nSPS) is 11.2. The van der Waals surface area contributed by atoms with Crippen LogP contribution in [0.5, 0.6) is 5.75 Å². The van der Waals surface area contributed by atoms with Crippen molar-refractivity contribution in [2.24, 2.45) is 0 Å². The Balaban J connectivity index is 1.79. The lowest BCUT2D eigenvalue weighted by molar-refractivity contribution is -0.152. The Morgan fingerprint density at radius 3 is 2.41 bits per heavy atom. The molecule has 0 unspecified atom stereocenters. The van der Waals surface area contributed by atoms with E-state index in [0.717, 1.165) is 5.56 Å². The minimum Gasteiger partial charge on any atom is -0.497 e. The van der Waals surface area contributed by atoms with Gasteiger partial charge in [0.2, 0.25) is 0 Å². The fourth-order valence-electron chi connectivity index (χ4n) is 2.26. The summed E-state index contributed by atoms with van der Waals surface area (Å²) in [6.07, 6.45) is -0.990. The molecule has 2 rings (SSSR count). The second kappa shape index (κ2) is 9.38. The number of hydrogen-bond donors (Lipinski definition) is 2. The van der Waals surface area contributed by atoms with Gasteiger partial charge in [-0.15, -0.1) is 0 Å². The second-order valence-electron chi connectivity index (χ2n) is 5.90. The van der Waals surface area contributed by atoms with E-state index in [1.54, 1.807) is 30.3 Å². The molecule has 1 atom stereocenters. The first-order valence-electron chi connectivity index (χ1n) is 8.38. The number of carbonyl (C=O) groups excluding carboxylic acids is 3. The lowest BCUT2D eigenvalue weighted by Gasteiger charge is -2.14. The molecule has 0 fully saturated rings. The van der Waals surface area contributed by atoms with Crippen LogP contribution in [-0.4, -0.2) is 37.5 Å². The summed E-state index contributed by atoms with van der Waals surface area (Å²) in [6, 6.07) is 13.7. The molecule has 0 aliphatic carbocycles. The molecule has 0 bridgehead atoms. The number of ether oxygens (including phenoxy) is 2. The Labute approximate surface area is 157 Å². The van der Waals surface area contributed by atoms with Crippen molar-refractivity contribution >= 4 is 23.5 Å². The summed E-state index contributed by atoms with van der Waals surface area (Å²) in [6.45, 7) is 3.03. The van der Waals surface area contributed by atoms with Crippen LogP contribution in [0.2, 0.25) is 0 Å². The molecule has 7 nitrogen and oxygen atoms in total. The fourth-order valence-corrected chi connectivity index (χ4v) is 2.26. The Morgan fingerprint density at radius 2 is 1.78 bits per heavy atom. The summed E-state index contributed by atoms with van der Waals surface area (Å²) >= 11 is 0. The van der Waals surface area contributed by atoms with E-state index in [4.69, 9.17) is 9.47 Å². The van der Waals surface area contributed by atoms with Gasteiger partial charge in [-0.1, -0.05) is 12.1 Å². The predicted octanol–water partition coefficient (Wildman–Crippen LogP) is 2.30. The van der Waals surface area contributed by atoms with E-state index < -0.39 is 23.9 Å². The molecule has 2 N–H and O–H groups in total. The molecule has 0 heterocycles. The van der Waals surface area contributed by atoms with E-state index in [2.05, 4.69) is 10.6 Å². The largest absolute Gasteiger partial charge is 0.497 e. The summed E-state index contributed by atoms with van der Waals surface area (Å²) in [5, 5.41) is 5.13. The highest BCUT2D eigenvalue weighted by Gasteiger charge is 2.18. The maximum Gasteiger partial charge on any atom is 0.326 e. The highest BCUT2D eigenvalue weighted by atomic mass is 16.5. The van der Waals surface area contributed by atoms with Gasteiger partial charge in [0.1, 0.15) is 12.3 Å². The van der Waals surface area contributed by atoms with Gasteiger partial charge in [0.15, 0.2) is 6.10 Å². The summed E-state index contributed by atoms with van der Waals surface area (Å²) in [4.78, 5) is 36.0. The minimum atomic E-state index is -0.990. The maximum absolute atomic E-state index is 12.1. The third kappa shape index (κ3) is 6.14. The average molecular weight is 370 g/mol. The number of aryl methyl sites for hydroxylation is 1. The van der Waals surface area contributed by atoms with Crippen LogP contribution >= 0.6 is 0 Å². The molecule has 2 amide bonds. The van der Waals surface area contributed by atoms with Gasteiger partial charge >= 0.3 is 5.97 Å². The second-order valence-corrected chi connectivity index (χ2v) is 5.90. The Kier molecular flexibility index (Phi) is 6.93. The number of hydrogen-bond acceptors (Lipinski definition) is 5. The van der Waals surface area contributed by atoms with Crippen LogP contribution in [0.4, 0.5) is 5.69 Å². The molecule has 0 saturated heterocycles. The van der Waals surface area contributed by atoms with Gasteiger partial charge in [-0.3, -0.25) is 14.4 Å². The third-order valence-electron chi connectivity index (χ3n) is 3.71. The molecular formula is C20H22N2O5. The quantitative estimate of drug-likeness (QED) is 0.730. The first-order chi connectivity index (χ1) is 12.9. The smallest absolute Gasteiger partial charge is 0.326 e. The minimum absolute atomic E-state index is 0.340. The number of carbonyl (C=O) groups is 3. The van der Waals surface area contributed by atoms with Crippen molar-refractivity contribution in [1.29, 1.82) is 0 Å². The molecule has 0 radical (unpaired) electrons. The molecule has 0 saturated carbocycles. The first kappa shape index (κ1) is 20.0. The number of benzene rings is 2. The molecule has 0 spiro atoms. The van der Waals surface area contributed by atoms with Crippen LogP contribution in [0.1, 0.15) is 22.8 Å². The molecule has 142 valence electrons. The predicted molar refractivity (Wildman–Crippen MR) is 101 cm³/mol. The summed E-state index contributed by atoms with van der Waals surface area (Å²) in [5.41, 5.74) is 2.00. The van der Waals surface area contributed by atoms with E-state index in [-0.39, 0.29) is 6.54 Å². The van der Waals surface area contributed by atoms with Crippen molar-refractivity contribution in [3.05, 3.63) is 59.7 Å². The van der Waals surface area contributed by atoms with Crippen molar-refractivity contribution < 1.29 is 23.9 Å². The zero-order chi connectivity index (χ0) is 19.8. The Bertz CT molecular complexity index is 817. The zero-order valence-electron chi connectivity index (χ0n) is 15.4. The van der Waals surface area contributed by atoms with E-state index in [1.165, 1.54) is 14.0 Å². The number of rotatable bonds is 7. The number of amides is 2. The number of anilines is 1.